The molecule has 3 aromatic rings. The third kappa shape index (κ3) is 3.70. The van der Waals surface area contributed by atoms with Crippen LogP contribution in [0.2, 0.25) is 0 Å². The molecule has 1 heterocycles. The molecule has 0 unspecified atom stereocenters. The van der Waals surface area contributed by atoms with Crippen molar-refractivity contribution >= 4 is 28.3 Å². The van der Waals surface area contributed by atoms with Gasteiger partial charge in [-0.05, 0) is 23.9 Å². The normalized spacial score (nSPS) is 16.7. The molecule has 1 saturated heterocycles. The molecular weight excluding hydrogens is 336 g/mol. The Morgan fingerprint density at radius 3 is 2.59 bits per heavy atom. The smallest absolute Gasteiger partial charge is 0.229 e. The quantitative estimate of drug-likeness (QED) is 0.762. The van der Waals surface area contributed by atoms with Crippen LogP contribution in [-0.2, 0) is 16.1 Å². The number of nitrogens with zero attached hydrogens (tertiary/aromatic N) is 1. The predicted molar refractivity (Wildman–Crippen MR) is 107 cm³/mol. The van der Waals surface area contributed by atoms with Gasteiger partial charge in [-0.3, -0.25) is 9.59 Å². The monoisotopic (exact) mass is 358 g/mol. The highest BCUT2D eigenvalue weighted by Crippen LogP contribution is 2.26. The third-order valence-electron chi connectivity index (χ3n) is 5.13. The lowest BCUT2D eigenvalue weighted by atomic mass is 10.1. The molecule has 0 spiro atoms. The molecule has 4 heteroatoms. The van der Waals surface area contributed by atoms with Crippen LogP contribution in [0.15, 0.2) is 66.7 Å². The SMILES string of the molecule is Cc1ccc(CN2C[C@H](C(=O)Nc3cccc4ccccc34)CC2=O)cc1. The van der Waals surface area contributed by atoms with Crippen molar-refractivity contribution in [3.8, 4) is 0 Å². The Morgan fingerprint density at radius 2 is 1.78 bits per heavy atom. The summed E-state index contributed by atoms with van der Waals surface area (Å²) in [4.78, 5) is 26.9. The van der Waals surface area contributed by atoms with E-state index in [0.717, 1.165) is 22.0 Å². The summed E-state index contributed by atoms with van der Waals surface area (Å²) in [6.07, 6.45) is 0.266. The highest BCUT2D eigenvalue weighted by atomic mass is 16.2. The second-order valence-electron chi connectivity index (χ2n) is 7.18. The number of carbonyl (C=O) groups is 2. The molecule has 0 bridgehead atoms. The van der Waals surface area contributed by atoms with E-state index in [-0.39, 0.29) is 24.2 Å². The average Bonchev–Trinajstić information content (AvgIpc) is 3.04. The number of carbonyl (C=O) groups excluding carboxylic acids is 2. The number of aryl methyl sites for hydroxylation is 1. The molecule has 0 aliphatic carbocycles. The highest BCUT2D eigenvalue weighted by molar-refractivity contribution is 6.04. The van der Waals surface area contributed by atoms with Crippen molar-refractivity contribution in [1.82, 2.24) is 4.90 Å². The van der Waals surface area contributed by atoms with Crippen LogP contribution in [0.5, 0.6) is 0 Å². The molecule has 0 radical (unpaired) electrons. The molecule has 0 saturated carbocycles. The van der Waals surface area contributed by atoms with Gasteiger partial charge >= 0.3 is 0 Å². The fraction of sp³-hybridized carbons (Fsp3) is 0.217. The molecule has 4 rings (SSSR count). The number of hydrogen-bond acceptors (Lipinski definition) is 2. The summed E-state index contributed by atoms with van der Waals surface area (Å²) in [6, 6.07) is 22.0. The Kier molecular flexibility index (Phi) is 4.63. The van der Waals surface area contributed by atoms with Gasteiger partial charge in [0, 0.05) is 30.6 Å². The van der Waals surface area contributed by atoms with Crippen molar-refractivity contribution in [2.24, 2.45) is 5.92 Å². The summed E-state index contributed by atoms with van der Waals surface area (Å²) in [7, 11) is 0. The molecule has 3 aromatic carbocycles. The van der Waals surface area contributed by atoms with Gasteiger partial charge in [0.2, 0.25) is 11.8 Å². The largest absolute Gasteiger partial charge is 0.338 e. The van der Waals surface area contributed by atoms with E-state index in [9.17, 15) is 9.59 Å². The number of rotatable bonds is 4. The lowest BCUT2D eigenvalue weighted by molar-refractivity contribution is -0.128. The molecule has 27 heavy (non-hydrogen) atoms. The minimum atomic E-state index is -0.318. The molecular formula is C23H22N2O2. The lowest BCUT2D eigenvalue weighted by Crippen LogP contribution is -2.28. The van der Waals surface area contributed by atoms with Crippen LogP contribution in [0.4, 0.5) is 5.69 Å². The first-order valence-corrected chi connectivity index (χ1v) is 9.22. The Bertz CT molecular complexity index is 989. The molecule has 4 nitrogen and oxygen atoms in total. The van der Waals surface area contributed by atoms with Gasteiger partial charge in [0.05, 0.1) is 5.92 Å². The average molecular weight is 358 g/mol. The number of fused-ring (bicyclic) bond motifs is 1. The Morgan fingerprint density at radius 1 is 1.04 bits per heavy atom. The van der Waals surface area contributed by atoms with Crippen molar-refractivity contribution in [3.05, 3.63) is 77.9 Å². The van der Waals surface area contributed by atoms with Crippen molar-refractivity contribution < 1.29 is 9.59 Å². The van der Waals surface area contributed by atoms with Gasteiger partial charge < -0.3 is 10.2 Å². The number of amides is 2. The van der Waals surface area contributed by atoms with Crippen LogP contribution >= 0.6 is 0 Å². The minimum Gasteiger partial charge on any atom is -0.338 e. The standard InChI is InChI=1S/C23H22N2O2/c1-16-9-11-17(12-10-16)14-25-15-19(13-22(25)26)23(27)24-21-8-4-6-18-5-2-3-7-20(18)21/h2-12,19H,13-15H2,1H3,(H,24,27)/t19-/m1/s1. The predicted octanol–water partition coefficient (Wildman–Crippen LogP) is 4.14. The van der Waals surface area contributed by atoms with Gasteiger partial charge in [-0.2, -0.15) is 0 Å². The van der Waals surface area contributed by atoms with E-state index in [1.807, 2.05) is 73.7 Å². The fourth-order valence-electron chi connectivity index (χ4n) is 3.58. The Balaban J connectivity index is 1.45. The molecule has 1 aliphatic rings. The van der Waals surface area contributed by atoms with Crippen LogP contribution in [0.3, 0.4) is 0 Å². The summed E-state index contributed by atoms with van der Waals surface area (Å²) in [5.74, 6) is -0.373. The number of likely N-dealkylation sites (tertiary alicyclic amines) is 1. The van der Waals surface area contributed by atoms with Crippen LogP contribution in [-0.4, -0.2) is 23.3 Å². The van der Waals surface area contributed by atoms with E-state index < -0.39 is 0 Å². The van der Waals surface area contributed by atoms with E-state index in [1.54, 1.807) is 4.90 Å². The van der Waals surface area contributed by atoms with Gasteiger partial charge in [-0.1, -0.05) is 66.2 Å². The number of nitrogens with one attached hydrogen (secondary N) is 1. The topological polar surface area (TPSA) is 49.4 Å². The summed E-state index contributed by atoms with van der Waals surface area (Å²) in [5, 5.41) is 5.11. The molecule has 136 valence electrons. The van der Waals surface area contributed by atoms with Crippen LogP contribution < -0.4 is 5.32 Å². The fourth-order valence-corrected chi connectivity index (χ4v) is 3.58. The second-order valence-corrected chi connectivity index (χ2v) is 7.18. The first-order chi connectivity index (χ1) is 13.1. The second kappa shape index (κ2) is 7.23. The van der Waals surface area contributed by atoms with Crippen molar-refractivity contribution in [2.75, 3.05) is 11.9 Å². The van der Waals surface area contributed by atoms with E-state index in [1.165, 1.54) is 5.56 Å². The molecule has 0 aromatic heterocycles. The first kappa shape index (κ1) is 17.3. The maximum Gasteiger partial charge on any atom is 0.229 e. The zero-order valence-corrected chi connectivity index (χ0v) is 15.3. The Labute approximate surface area is 158 Å². The van der Waals surface area contributed by atoms with E-state index in [0.29, 0.717) is 13.1 Å². The van der Waals surface area contributed by atoms with Crippen molar-refractivity contribution in [2.45, 2.75) is 19.9 Å². The maximum atomic E-state index is 12.8. The van der Waals surface area contributed by atoms with E-state index >= 15 is 0 Å². The first-order valence-electron chi connectivity index (χ1n) is 9.22. The number of benzene rings is 3. The summed E-state index contributed by atoms with van der Waals surface area (Å²) in [5.41, 5.74) is 3.07. The molecule has 2 amide bonds. The summed E-state index contributed by atoms with van der Waals surface area (Å²) >= 11 is 0. The van der Waals surface area contributed by atoms with Crippen LogP contribution in [0.25, 0.3) is 10.8 Å². The Hall–Kier alpha value is -3.14. The van der Waals surface area contributed by atoms with Crippen LogP contribution in [0, 0.1) is 12.8 Å². The maximum absolute atomic E-state index is 12.8. The molecule has 1 N–H and O–H groups in total. The summed E-state index contributed by atoms with van der Waals surface area (Å²) in [6.45, 7) is 3.05. The van der Waals surface area contributed by atoms with E-state index in [4.69, 9.17) is 0 Å². The lowest BCUT2D eigenvalue weighted by Gasteiger charge is -2.17. The molecule has 1 atom stereocenters. The summed E-state index contributed by atoms with van der Waals surface area (Å²) < 4.78 is 0. The van der Waals surface area contributed by atoms with Gasteiger partial charge in [-0.25, -0.2) is 0 Å². The number of anilines is 1. The zero-order valence-electron chi connectivity index (χ0n) is 15.3. The minimum absolute atomic E-state index is 0.0358. The van der Waals surface area contributed by atoms with Crippen molar-refractivity contribution in [3.63, 3.8) is 0 Å². The molecule has 1 fully saturated rings. The molecule has 1 aliphatic heterocycles. The van der Waals surface area contributed by atoms with Gasteiger partial charge in [-0.15, -0.1) is 0 Å². The zero-order chi connectivity index (χ0) is 18.8. The highest BCUT2D eigenvalue weighted by Gasteiger charge is 2.34. The van der Waals surface area contributed by atoms with Gasteiger partial charge in [0.15, 0.2) is 0 Å². The van der Waals surface area contributed by atoms with Gasteiger partial charge in [0.25, 0.3) is 0 Å². The van der Waals surface area contributed by atoms with Gasteiger partial charge in [0.1, 0.15) is 0 Å². The number of hydrogen-bond donors (Lipinski definition) is 1. The van der Waals surface area contributed by atoms with E-state index in [2.05, 4.69) is 5.32 Å². The third-order valence-corrected chi connectivity index (χ3v) is 5.13. The van der Waals surface area contributed by atoms with Crippen LogP contribution in [0.1, 0.15) is 17.5 Å². The van der Waals surface area contributed by atoms with Crippen molar-refractivity contribution in [1.29, 1.82) is 0 Å².